The molecule has 2 aliphatic heterocycles. The summed E-state index contributed by atoms with van der Waals surface area (Å²) in [6, 6.07) is -0.584. The first-order chi connectivity index (χ1) is 20.0. The van der Waals surface area contributed by atoms with Gasteiger partial charge in [0.25, 0.3) is 5.92 Å². The number of methoxy groups -OCH3 is 1. The molecule has 0 aliphatic carbocycles. The predicted octanol–water partition coefficient (Wildman–Crippen LogP) is 3.71. The minimum absolute atomic E-state index is 0.0321. The number of carboxylic acid groups (broad SMARTS) is 1. The molecule has 0 saturated carbocycles. The van der Waals surface area contributed by atoms with Crippen molar-refractivity contribution in [2.24, 2.45) is 10.9 Å². The summed E-state index contributed by atoms with van der Waals surface area (Å²) >= 11 is 1.21. The Balaban J connectivity index is 1.81. The number of benzene rings is 1. The fraction of sp³-hybridized carbons (Fsp3) is 0.444. The maximum atomic E-state index is 15.7. The summed E-state index contributed by atoms with van der Waals surface area (Å²) in [4.78, 5) is 34.7. The number of piperidine rings is 1. The molecule has 0 unspecified atom stereocenters. The van der Waals surface area contributed by atoms with Gasteiger partial charge < -0.3 is 25.3 Å². The number of rotatable bonds is 11. The zero-order valence-electron chi connectivity index (χ0n) is 22.7. The highest BCUT2D eigenvalue weighted by molar-refractivity contribution is 7.11. The zero-order valence-corrected chi connectivity index (χ0v) is 23.5. The van der Waals surface area contributed by atoms with Crippen LogP contribution < -0.4 is 5.32 Å². The van der Waals surface area contributed by atoms with Crippen molar-refractivity contribution in [1.82, 2.24) is 15.2 Å². The molecule has 1 saturated heterocycles. The maximum Gasteiger partial charge on any atom is 0.338 e. The molecule has 4 rings (SSSR count). The van der Waals surface area contributed by atoms with E-state index in [1.54, 1.807) is 5.38 Å². The van der Waals surface area contributed by atoms with Crippen molar-refractivity contribution in [3.63, 3.8) is 0 Å². The Morgan fingerprint density at radius 2 is 2.10 bits per heavy atom. The number of hydrogen-bond donors (Lipinski definition) is 3. The molecule has 1 aromatic carbocycles. The molecule has 0 radical (unpaired) electrons. The van der Waals surface area contributed by atoms with E-state index in [2.05, 4.69) is 15.3 Å². The third kappa shape index (κ3) is 6.37. The number of amidine groups is 1. The number of carbonyl (C=O) groups excluding carboxylic acids is 1. The van der Waals surface area contributed by atoms with E-state index in [-0.39, 0.29) is 54.3 Å². The number of aliphatic carboxylic acids is 1. The average molecular weight is 612 g/mol. The van der Waals surface area contributed by atoms with E-state index in [1.807, 2.05) is 0 Å². The number of esters is 1. The van der Waals surface area contributed by atoms with Gasteiger partial charge in [-0.05, 0) is 37.1 Å². The van der Waals surface area contributed by atoms with Crippen molar-refractivity contribution in [1.29, 1.82) is 5.41 Å². The van der Waals surface area contributed by atoms with Crippen molar-refractivity contribution in [2.75, 3.05) is 33.4 Å². The molecule has 226 valence electrons. The van der Waals surface area contributed by atoms with Crippen LogP contribution in [0.4, 0.5) is 17.6 Å². The number of nitrogens with one attached hydrogen (secondary N) is 2. The summed E-state index contributed by atoms with van der Waals surface area (Å²) < 4.78 is 70.5. The van der Waals surface area contributed by atoms with Gasteiger partial charge in [-0.1, -0.05) is 6.07 Å². The monoisotopic (exact) mass is 611 g/mol. The van der Waals surface area contributed by atoms with E-state index in [0.29, 0.717) is 5.01 Å². The molecule has 1 aromatic heterocycles. The topological polar surface area (TPSA) is 137 Å². The van der Waals surface area contributed by atoms with Gasteiger partial charge in [0.2, 0.25) is 0 Å². The van der Waals surface area contributed by atoms with E-state index >= 15 is 8.78 Å². The van der Waals surface area contributed by atoms with Gasteiger partial charge in [-0.25, -0.2) is 27.3 Å². The maximum absolute atomic E-state index is 15.7. The highest BCUT2D eigenvalue weighted by Crippen LogP contribution is 2.42. The third-order valence-corrected chi connectivity index (χ3v) is 8.08. The number of alkyl halides is 2. The molecule has 1 fully saturated rings. The van der Waals surface area contributed by atoms with Gasteiger partial charge >= 0.3 is 11.9 Å². The van der Waals surface area contributed by atoms with Crippen LogP contribution in [0.1, 0.15) is 35.0 Å². The van der Waals surface area contributed by atoms with Crippen LogP contribution in [0.3, 0.4) is 0 Å². The van der Waals surface area contributed by atoms with Crippen LogP contribution >= 0.6 is 11.3 Å². The van der Waals surface area contributed by atoms with Crippen LogP contribution in [0.5, 0.6) is 0 Å². The molecule has 0 spiro atoms. The molecule has 3 heterocycles. The van der Waals surface area contributed by atoms with Gasteiger partial charge in [0, 0.05) is 36.0 Å². The lowest BCUT2D eigenvalue weighted by Crippen LogP contribution is -2.60. The summed E-state index contributed by atoms with van der Waals surface area (Å²) in [5.74, 6) is -9.20. The molecule has 3 N–H and O–H groups in total. The Morgan fingerprint density at radius 3 is 2.74 bits per heavy atom. The van der Waals surface area contributed by atoms with Crippen LogP contribution in [0.25, 0.3) is 0 Å². The molecule has 15 heteroatoms. The fourth-order valence-corrected chi connectivity index (χ4v) is 5.78. The number of thiazole rings is 1. The van der Waals surface area contributed by atoms with E-state index in [4.69, 9.17) is 14.9 Å². The molecule has 0 bridgehead atoms. The predicted molar refractivity (Wildman–Crippen MR) is 145 cm³/mol. The lowest BCUT2D eigenvalue weighted by molar-refractivity contribution is -0.176. The van der Waals surface area contributed by atoms with Gasteiger partial charge in [0.15, 0.2) is 22.5 Å². The number of hydrogen-bond acceptors (Lipinski definition) is 10. The lowest BCUT2D eigenvalue weighted by Gasteiger charge is -2.45. The summed E-state index contributed by atoms with van der Waals surface area (Å²) in [5, 5.41) is 21.5. The number of aromatic nitrogens is 1. The molecule has 2 aliphatic rings. The van der Waals surface area contributed by atoms with Crippen LogP contribution in [0.2, 0.25) is 0 Å². The van der Waals surface area contributed by atoms with E-state index in [0.717, 1.165) is 19.4 Å². The molecule has 3 atom stereocenters. The minimum Gasteiger partial charge on any atom is -0.481 e. The molecule has 0 amide bonds. The molecular formula is C27H29F4N5O5S. The zero-order chi connectivity index (χ0) is 30.6. The lowest BCUT2D eigenvalue weighted by atomic mass is 9.84. The smallest absolute Gasteiger partial charge is 0.338 e. The largest absolute Gasteiger partial charge is 0.481 e. The van der Waals surface area contributed by atoms with E-state index < -0.39 is 60.5 Å². The van der Waals surface area contributed by atoms with Gasteiger partial charge in [-0.2, -0.15) is 0 Å². The Bertz CT molecular complexity index is 1400. The summed E-state index contributed by atoms with van der Waals surface area (Å²) in [6.45, 7) is 0.356. The van der Waals surface area contributed by atoms with Crippen LogP contribution in [0.15, 0.2) is 40.0 Å². The Kier molecular flexibility index (Phi) is 9.74. The Morgan fingerprint density at radius 1 is 1.33 bits per heavy atom. The molecule has 2 aromatic rings. The highest BCUT2D eigenvalue weighted by Gasteiger charge is 2.53. The van der Waals surface area contributed by atoms with Gasteiger partial charge in [0.1, 0.15) is 6.04 Å². The van der Waals surface area contributed by atoms with Crippen LogP contribution in [0, 0.1) is 29.9 Å². The number of aliphatic imine (C=N–C) groups is 1. The number of carbonyl (C=O) groups is 2. The highest BCUT2D eigenvalue weighted by atomic mass is 32.1. The number of carboxylic acids is 1. The van der Waals surface area contributed by atoms with Crippen molar-refractivity contribution in [3.8, 4) is 0 Å². The molecule has 42 heavy (non-hydrogen) atoms. The summed E-state index contributed by atoms with van der Waals surface area (Å²) in [5.41, 5.74) is 0.102. The third-order valence-electron chi connectivity index (χ3n) is 7.30. The quantitative estimate of drug-likeness (QED) is 0.151. The second kappa shape index (κ2) is 13.1. The average Bonchev–Trinajstić information content (AvgIpc) is 3.49. The van der Waals surface area contributed by atoms with Gasteiger partial charge in [0.05, 0.1) is 38.4 Å². The summed E-state index contributed by atoms with van der Waals surface area (Å²) in [6.07, 6.45) is 1.53. The SMILES string of the molecule is COC(=O)C1=C(CN2CC[C@H](CC(=O)O)C(F)(F)[C@@H]2COCC=N)NC(c2nccs2)=N[C@H]1c1ccc(F)c(F)c1C. The van der Waals surface area contributed by atoms with E-state index in [9.17, 15) is 23.5 Å². The normalized spacial score (nSPS) is 22.3. The number of likely N-dealkylation sites (tertiary alicyclic amines) is 1. The standard InChI is InChI=1S/C27H29F4N5O5S/c1-14-16(3-4-17(28)22(14)29)23-21(26(39)40-2)18(34-24(35-23)25-33-7-10-42-25)12-36-8-5-15(11-20(37)38)27(30,31)19(36)13-41-9-6-32/h3-4,6-7,10,15,19,23,32H,5,8-9,11-13H2,1-2H3,(H,34,35)(H,37,38)/t15-,19+,23+/m1/s1. The van der Waals surface area contributed by atoms with Crippen LogP contribution in [-0.4, -0.2) is 84.4 Å². The van der Waals surface area contributed by atoms with Gasteiger partial charge in [-0.15, -0.1) is 11.3 Å². The first kappa shape index (κ1) is 31.3. The van der Waals surface area contributed by atoms with Crippen molar-refractivity contribution in [2.45, 2.75) is 37.8 Å². The number of ether oxygens (including phenoxy) is 2. The number of nitrogens with zero attached hydrogens (tertiary/aromatic N) is 3. The fourth-order valence-electron chi connectivity index (χ4n) is 5.19. The Labute approximate surface area is 242 Å². The van der Waals surface area contributed by atoms with Crippen molar-refractivity contribution < 1.29 is 41.7 Å². The number of halogens is 4. The molecule has 10 nitrogen and oxygen atoms in total. The van der Waals surface area contributed by atoms with Crippen LogP contribution in [-0.2, 0) is 19.1 Å². The van der Waals surface area contributed by atoms with Crippen molar-refractivity contribution in [3.05, 3.63) is 62.7 Å². The first-order valence-corrected chi connectivity index (χ1v) is 13.8. The molecular weight excluding hydrogens is 582 g/mol. The second-order valence-corrected chi connectivity index (χ2v) is 10.7. The second-order valence-electron chi connectivity index (χ2n) is 9.79. The first-order valence-electron chi connectivity index (χ1n) is 12.9. The summed E-state index contributed by atoms with van der Waals surface area (Å²) in [7, 11) is 1.13. The van der Waals surface area contributed by atoms with Gasteiger partial charge in [-0.3, -0.25) is 14.7 Å². The van der Waals surface area contributed by atoms with E-state index in [1.165, 1.54) is 35.4 Å². The van der Waals surface area contributed by atoms with Crippen molar-refractivity contribution >= 4 is 35.3 Å². The minimum atomic E-state index is -3.50. The Hall–Kier alpha value is -3.69.